The first kappa shape index (κ1) is 18.1. The van der Waals surface area contributed by atoms with Gasteiger partial charge in [-0.3, -0.25) is 4.99 Å². The number of benzene rings is 1. The highest BCUT2D eigenvalue weighted by atomic mass is 16.5. The van der Waals surface area contributed by atoms with Crippen LogP contribution in [0.15, 0.2) is 35.3 Å². The Bertz CT molecular complexity index is 554. The van der Waals surface area contributed by atoms with Crippen molar-refractivity contribution in [3.8, 4) is 0 Å². The van der Waals surface area contributed by atoms with Crippen LogP contribution in [0.4, 0.5) is 5.69 Å². The molecule has 1 N–H and O–H groups in total. The summed E-state index contributed by atoms with van der Waals surface area (Å²) < 4.78 is 5.62. The van der Waals surface area contributed by atoms with E-state index in [2.05, 4.69) is 57.5 Å². The van der Waals surface area contributed by atoms with Crippen LogP contribution in [-0.2, 0) is 4.74 Å². The van der Waals surface area contributed by atoms with Gasteiger partial charge in [0, 0.05) is 58.0 Å². The van der Waals surface area contributed by atoms with E-state index in [-0.39, 0.29) is 0 Å². The second-order valence-electron chi connectivity index (χ2n) is 7.41. The summed E-state index contributed by atoms with van der Waals surface area (Å²) in [6.45, 7) is 6.09. The molecule has 1 atom stereocenters. The van der Waals surface area contributed by atoms with E-state index in [1.165, 1.54) is 24.9 Å². The van der Waals surface area contributed by atoms with Gasteiger partial charge in [0.1, 0.15) is 0 Å². The lowest BCUT2D eigenvalue weighted by atomic mass is 9.87. The van der Waals surface area contributed by atoms with Gasteiger partial charge >= 0.3 is 0 Å². The third-order valence-electron chi connectivity index (χ3n) is 5.54. The fourth-order valence-electron chi connectivity index (χ4n) is 3.91. The van der Waals surface area contributed by atoms with E-state index in [1.54, 1.807) is 0 Å². The number of rotatable bonds is 6. The van der Waals surface area contributed by atoms with E-state index in [4.69, 9.17) is 4.74 Å². The van der Waals surface area contributed by atoms with Crippen molar-refractivity contribution < 1.29 is 4.74 Å². The van der Waals surface area contributed by atoms with E-state index in [0.717, 1.165) is 51.8 Å². The summed E-state index contributed by atoms with van der Waals surface area (Å²) in [5.74, 6) is 1.06. The molecule has 2 fully saturated rings. The number of anilines is 1. The minimum Gasteiger partial charge on any atom is -0.381 e. The van der Waals surface area contributed by atoms with Gasteiger partial charge in [-0.15, -0.1) is 0 Å². The van der Waals surface area contributed by atoms with Crippen molar-refractivity contribution in [3.05, 3.63) is 30.3 Å². The van der Waals surface area contributed by atoms with Crippen LogP contribution in [-0.4, -0.2) is 64.3 Å². The maximum Gasteiger partial charge on any atom is 0.193 e. The van der Waals surface area contributed by atoms with Crippen molar-refractivity contribution in [2.24, 2.45) is 10.4 Å². The predicted molar refractivity (Wildman–Crippen MR) is 104 cm³/mol. The average molecular weight is 345 g/mol. The maximum atomic E-state index is 5.62. The van der Waals surface area contributed by atoms with Gasteiger partial charge in [-0.1, -0.05) is 18.2 Å². The first-order valence-corrected chi connectivity index (χ1v) is 9.52. The van der Waals surface area contributed by atoms with Crippen LogP contribution in [0.5, 0.6) is 0 Å². The largest absolute Gasteiger partial charge is 0.381 e. The number of ether oxygens (including phenoxy) is 1. The standard InChI is InChI=1S/C20H32N4O/c1-21-19(24-14-10-20(16-24)11-15-25-17-20)22-12-6-7-13-23(2)18-8-4-3-5-9-18/h3-5,8-9H,6-7,10-17H2,1-2H3,(H,21,22). The monoisotopic (exact) mass is 344 g/mol. The van der Waals surface area contributed by atoms with Gasteiger partial charge in [0.2, 0.25) is 0 Å². The van der Waals surface area contributed by atoms with Crippen LogP contribution in [0, 0.1) is 5.41 Å². The van der Waals surface area contributed by atoms with Gasteiger partial charge in [0.15, 0.2) is 5.96 Å². The highest BCUT2D eigenvalue weighted by molar-refractivity contribution is 5.80. The lowest BCUT2D eigenvalue weighted by molar-refractivity contribution is 0.156. The highest BCUT2D eigenvalue weighted by Crippen LogP contribution is 2.38. The van der Waals surface area contributed by atoms with Crippen molar-refractivity contribution in [1.29, 1.82) is 0 Å². The minimum atomic E-state index is 0.385. The van der Waals surface area contributed by atoms with Gasteiger partial charge in [-0.05, 0) is 37.8 Å². The zero-order valence-electron chi connectivity index (χ0n) is 15.7. The number of aliphatic imine (C=N–C) groups is 1. The lowest BCUT2D eigenvalue weighted by Crippen LogP contribution is -2.41. The molecule has 2 saturated heterocycles. The van der Waals surface area contributed by atoms with Crippen LogP contribution >= 0.6 is 0 Å². The molecule has 0 aromatic heterocycles. The topological polar surface area (TPSA) is 40.1 Å². The molecule has 0 bridgehead atoms. The zero-order chi connectivity index (χ0) is 17.5. The second kappa shape index (κ2) is 8.56. The Morgan fingerprint density at radius 1 is 1.28 bits per heavy atom. The minimum absolute atomic E-state index is 0.385. The molecule has 25 heavy (non-hydrogen) atoms. The summed E-state index contributed by atoms with van der Waals surface area (Å²) >= 11 is 0. The van der Waals surface area contributed by atoms with E-state index in [0.29, 0.717) is 5.41 Å². The van der Waals surface area contributed by atoms with Crippen LogP contribution < -0.4 is 10.2 Å². The first-order valence-electron chi connectivity index (χ1n) is 9.52. The Hall–Kier alpha value is -1.75. The maximum absolute atomic E-state index is 5.62. The molecule has 1 aromatic rings. The average Bonchev–Trinajstić information content (AvgIpc) is 3.29. The van der Waals surface area contributed by atoms with Gasteiger partial charge in [-0.25, -0.2) is 0 Å². The Balaban J connectivity index is 1.35. The van der Waals surface area contributed by atoms with E-state index >= 15 is 0 Å². The Kier molecular flexibility index (Phi) is 6.19. The molecule has 2 aliphatic heterocycles. The summed E-state index contributed by atoms with van der Waals surface area (Å²) in [5.41, 5.74) is 1.67. The smallest absolute Gasteiger partial charge is 0.193 e. The van der Waals surface area contributed by atoms with Crippen molar-refractivity contribution in [2.45, 2.75) is 25.7 Å². The summed E-state index contributed by atoms with van der Waals surface area (Å²) in [6.07, 6.45) is 4.76. The van der Waals surface area contributed by atoms with Crippen LogP contribution in [0.2, 0.25) is 0 Å². The number of nitrogens with zero attached hydrogens (tertiary/aromatic N) is 3. The Morgan fingerprint density at radius 2 is 2.12 bits per heavy atom. The number of unbranched alkanes of at least 4 members (excludes halogenated alkanes) is 1. The Labute approximate surface area is 152 Å². The third kappa shape index (κ3) is 4.66. The molecule has 1 unspecified atom stereocenters. The summed E-state index contributed by atoms with van der Waals surface area (Å²) in [6, 6.07) is 10.6. The number of hydrogen-bond donors (Lipinski definition) is 1. The van der Waals surface area contributed by atoms with Gasteiger partial charge < -0.3 is 19.9 Å². The van der Waals surface area contributed by atoms with Crippen LogP contribution in [0.1, 0.15) is 25.7 Å². The molecule has 1 spiro atoms. The normalized spacial score (nSPS) is 23.4. The molecule has 0 aliphatic carbocycles. The molecule has 2 aliphatic rings. The predicted octanol–water partition coefficient (Wildman–Crippen LogP) is 2.59. The van der Waals surface area contributed by atoms with Crippen molar-refractivity contribution in [1.82, 2.24) is 10.2 Å². The highest BCUT2D eigenvalue weighted by Gasteiger charge is 2.42. The SMILES string of the molecule is CN=C(NCCCCN(C)c1ccccc1)N1CCC2(CCOC2)C1. The molecule has 5 heteroatoms. The fraction of sp³-hybridized carbons (Fsp3) is 0.650. The number of likely N-dealkylation sites (tertiary alicyclic amines) is 1. The number of hydrogen-bond acceptors (Lipinski definition) is 3. The molecule has 138 valence electrons. The molecule has 2 heterocycles. The molecular formula is C20H32N4O. The second-order valence-corrected chi connectivity index (χ2v) is 7.41. The molecule has 0 amide bonds. The van der Waals surface area contributed by atoms with E-state index < -0.39 is 0 Å². The van der Waals surface area contributed by atoms with Crippen molar-refractivity contribution >= 4 is 11.6 Å². The molecule has 3 rings (SSSR count). The Morgan fingerprint density at radius 3 is 2.84 bits per heavy atom. The van der Waals surface area contributed by atoms with E-state index in [9.17, 15) is 0 Å². The third-order valence-corrected chi connectivity index (χ3v) is 5.54. The molecular weight excluding hydrogens is 312 g/mol. The lowest BCUT2D eigenvalue weighted by Gasteiger charge is -2.25. The quantitative estimate of drug-likeness (QED) is 0.489. The molecule has 0 saturated carbocycles. The number of guanidine groups is 1. The first-order chi connectivity index (χ1) is 12.2. The number of nitrogens with one attached hydrogen (secondary N) is 1. The fourth-order valence-corrected chi connectivity index (χ4v) is 3.91. The summed E-state index contributed by atoms with van der Waals surface area (Å²) in [5, 5.41) is 3.55. The van der Waals surface area contributed by atoms with Gasteiger partial charge in [0.25, 0.3) is 0 Å². The zero-order valence-corrected chi connectivity index (χ0v) is 15.7. The summed E-state index contributed by atoms with van der Waals surface area (Å²) in [4.78, 5) is 9.21. The van der Waals surface area contributed by atoms with Crippen LogP contribution in [0.25, 0.3) is 0 Å². The van der Waals surface area contributed by atoms with Crippen LogP contribution in [0.3, 0.4) is 0 Å². The summed E-state index contributed by atoms with van der Waals surface area (Å²) in [7, 11) is 4.05. The van der Waals surface area contributed by atoms with Crippen molar-refractivity contribution in [3.63, 3.8) is 0 Å². The molecule has 1 aromatic carbocycles. The molecule has 0 radical (unpaired) electrons. The van der Waals surface area contributed by atoms with Crippen molar-refractivity contribution in [2.75, 3.05) is 58.4 Å². The van der Waals surface area contributed by atoms with Gasteiger partial charge in [-0.2, -0.15) is 0 Å². The number of para-hydroxylation sites is 1. The van der Waals surface area contributed by atoms with Gasteiger partial charge in [0.05, 0.1) is 6.61 Å². The molecule has 5 nitrogen and oxygen atoms in total. The van der Waals surface area contributed by atoms with E-state index in [1.807, 2.05) is 7.05 Å².